The lowest BCUT2D eigenvalue weighted by Crippen LogP contribution is -2.23. The molecule has 0 bridgehead atoms. The zero-order valence-electron chi connectivity index (χ0n) is 21.1. The van der Waals surface area contributed by atoms with Gasteiger partial charge in [-0.05, 0) is 62.6 Å². The lowest BCUT2D eigenvalue weighted by Gasteiger charge is -2.14. The van der Waals surface area contributed by atoms with Crippen LogP contribution in [0.25, 0.3) is 21.7 Å². The van der Waals surface area contributed by atoms with Crippen molar-refractivity contribution < 1.29 is 9.47 Å². The average Bonchev–Trinajstić information content (AvgIpc) is 2.92. The van der Waals surface area contributed by atoms with Crippen molar-refractivity contribution in [3.05, 3.63) is 109 Å². The smallest absolute Gasteiger partial charge is 0.282 e. The highest BCUT2D eigenvalue weighted by molar-refractivity contribution is 9.10. The second-order valence-corrected chi connectivity index (χ2v) is 10.9. The molecule has 0 saturated carbocycles. The average molecular weight is 635 g/mol. The molecule has 0 N–H and O–H groups in total. The second kappa shape index (κ2) is 11.1. The summed E-state index contributed by atoms with van der Waals surface area (Å²) in [6, 6.07) is 23.6. The van der Waals surface area contributed by atoms with Crippen LogP contribution in [0.5, 0.6) is 11.5 Å². The Balaban J connectivity index is 1.48. The summed E-state index contributed by atoms with van der Waals surface area (Å²) in [6.45, 7) is 4.36. The molecule has 6 nitrogen and oxygen atoms in total. The van der Waals surface area contributed by atoms with Crippen LogP contribution < -0.4 is 15.0 Å². The molecule has 1 aromatic heterocycles. The monoisotopic (exact) mass is 633 g/mol. The lowest BCUT2D eigenvalue weighted by atomic mass is 10.1. The molecule has 0 fully saturated rings. The number of benzene rings is 4. The van der Waals surface area contributed by atoms with E-state index >= 15 is 0 Å². The van der Waals surface area contributed by atoms with E-state index in [1.807, 2.05) is 56.3 Å². The number of ether oxygens (including phenoxy) is 2. The molecule has 0 amide bonds. The number of fused-ring (bicyclic) bond motifs is 2. The van der Waals surface area contributed by atoms with Crippen molar-refractivity contribution in [2.45, 2.75) is 26.4 Å². The highest BCUT2D eigenvalue weighted by Gasteiger charge is 2.15. The maximum Gasteiger partial charge on any atom is 0.282 e. The van der Waals surface area contributed by atoms with Crippen LogP contribution >= 0.6 is 31.9 Å². The van der Waals surface area contributed by atoms with Crippen molar-refractivity contribution in [2.24, 2.45) is 5.10 Å². The van der Waals surface area contributed by atoms with Crippen molar-refractivity contribution in [1.29, 1.82) is 0 Å². The zero-order valence-corrected chi connectivity index (χ0v) is 24.3. The van der Waals surface area contributed by atoms with Gasteiger partial charge in [-0.2, -0.15) is 9.78 Å². The molecular weight excluding hydrogens is 610 g/mol. The molecule has 0 spiro atoms. The molecule has 0 aliphatic rings. The summed E-state index contributed by atoms with van der Waals surface area (Å²) < 4.78 is 14.7. The van der Waals surface area contributed by atoms with Crippen LogP contribution in [-0.2, 0) is 6.61 Å². The third-order valence-electron chi connectivity index (χ3n) is 6.21. The third-order valence-corrected chi connectivity index (χ3v) is 7.39. The van der Waals surface area contributed by atoms with E-state index < -0.39 is 0 Å². The van der Waals surface area contributed by atoms with Crippen LogP contribution in [0.3, 0.4) is 0 Å². The molecule has 0 aliphatic heterocycles. The van der Waals surface area contributed by atoms with Gasteiger partial charge in [0.15, 0.2) is 11.5 Å². The fraction of sp³-hybridized carbons (Fsp3) is 0.167. The number of methoxy groups -OCH3 is 1. The maximum absolute atomic E-state index is 13.3. The predicted molar refractivity (Wildman–Crippen MR) is 160 cm³/mol. The lowest BCUT2D eigenvalue weighted by molar-refractivity contribution is 0.285. The molecule has 4 aromatic carbocycles. The van der Waals surface area contributed by atoms with Crippen molar-refractivity contribution in [2.75, 3.05) is 7.11 Å². The minimum Gasteiger partial charge on any atom is -0.493 e. The van der Waals surface area contributed by atoms with Gasteiger partial charge in [0.1, 0.15) is 12.4 Å². The molecule has 0 aliphatic carbocycles. The summed E-state index contributed by atoms with van der Waals surface area (Å²) in [7, 11) is 1.60. The Labute approximate surface area is 237 Å². The van der Waals surface area contributed by atoms with E-state index in [1.165, 1.54) is 10.1 Å². The number of hydrogen-bond acceptors (Lipinski definition) is 5. The van der Waals surface area contributed by atoms with Gasteiger partial charge < -0.3 is 9.47 Å². The minimum atomic E-state index is -0.227. The van der Waals surface area contributed by atoms with Crippen molar-refractivity contribution >= 4 is 59.7 Å². The highest BCUT2D eigenvalue weighted by Crippen LogP contribution is 2.34. The Kier molecular flexibility index (Phi) is 7.63. The van der Waals surface area contributed by atoms with Gasteiger partial charge in [-0.15, -0.1) is 0 Å². The van der Waals surface area contributed by atoms with Gasteiger partial charge in [-0.25, -0.2) is 4.98 Å². The first-order valence-corrected chi connectivity index (χ1v) is 13.7. The summed E-state index contributed by atoms with van der Waals surface area (Å²) >= 11 is 7.07. The minimum absolute atomic E-state index is 0.00397. The van der Waals surface area contributed by atoms with Gasteiger partial charge in [-0.3, -0.25) is 4.79 Å². The van der Waals surface area contributed by atoms with E-state index in [1.54, 1.807) is 19.4 Å². The van der Waals surface area contributed by atoms with E-state index in [9.17, 15) is 4.79 Å². The quantitative estimate of drug-likeness (QED) is 0.172. The van der Waals surface area contributed by atoms with Crippen LogP contribution in [0.1, 0.15) is 36.7 Å². The molecule has 5 rings (SSSR count). The van der Waals surface area contributed by atoms with Crippen molar-refractivity contribution in [3.8, 4) is 11.5 Å². The number of aromatic nitrogens is 2. The summed E-state index contributed by atoms with van der Waals surface area (Å²) in [5, 5.41) is 7.36. The summed E-state index contributed by atoms with van der Waals surface area (Å²) in [5.41, 5.74) is 2.23. The molecule has 0 saturated heterocycles. The van der Waals surface area contributed by atoms with Crippen LogP contribution in [0.4, 0.5) is 0 Å². The first-order chi connectivity index (χ1) is 18.4. The first-order valence-electron chi connectivity index (χ1n) is 12.1. The number of halogens is 2. The fourth-order valence-corrected chi connectivity index (χ4v) is 5.05. The Morgan fingerprint density at radius 1 is 0.974 bits per heavy atom. The molecule has 0 unspecified atom stereocenters. The Bertz CT molecular complexity index is 1740. The zero-order chi connectivity index (χ0) is 26.8. The predicted octanol–water partition coefficient (Wildman–Crippen LogP) is 7.67. The summed E-state index contributed by atoms with van der Waals surface area (Å²) in [5.74, 6) is 1.74. The van der Waals surface area contributed by atoms with Crippen LogP contribution in [0, 0.1) is 0 Å². The molecule has 0 radical (unpaired) electrons. The van der Waals surface area contributed by atoms with E-state index in [2.05, 4.69) is 61.2 Å². The van der Waals surface area contributed by atoms with E-state index in [0.717, 1.165) is 25.5 Å². The van der Waals surface area contributed by atoms with Crippen molar-refractivity contribution in [1.82, 2.24) is 9.66 Å². The molecule has 5 aromatic rings. The largest absolute Gasteiger partial charge is 0.493 e. The number of nitrogens with zero attached hydrogens (tertiary/aromatic N) is 3. The van der Waals surface area contributed by atoms with E-state index in [4.69, 9.17) is 14.5 Å². The molecule has 8 heteroatoms. The topological polar surface area (TPSA) is 65.7 Å². The standard InChI is InChI=1S/C30H25Br2N3O3/c1-18(2)29-34-26-12-11-22(31)14-24(26)30(36)35(29)33-16-21-13-27(37-3)28(15-25(21)32)38-17-20-9-6-8-19-7-4-5-10-23(19)20/h4-16,18H,17H2,1-3H3. The summed E-state index contributed by atoms with van der Waals surface area (Å²) in [6.07, 6.45) is 1.62. The SMILES string of the molecule is COc1cc(C=Nn2c(C(C)C)nc3ccc(Br)cc3c2=O)c(Br)cc1OCc1cccc2ccccc12. The van der Waals surface area contributed by atoms with Gasteiger partial charge in [0.05, 0.1) is 24.2 Å². The fourth-order valence-electron chi connectivity index (χ4n) is 4.27. The Morgan fingerprint density at radius 2 is 1.76 bits per heavy atom. The molecule has 0 atom stereocenters. The Morgan fingerprint density at radius 3 is 2.55 bits per heavy atom. The first kappa shape index (κ1) is 26.1. The van der Waals surface area contributed by atoms with Gasteiger partial charge in [-0.1, -0.05) is 72.2 Å². The van der Waals surface area contributed by atoms with Gasteiger partial charge >= 0.3 is 0 Å². The molecular formula is C30H25Br2N3O3. The Hall–Kier alpha value is -3.49. The van der Waals surface area contributed by atoms with E-state index in [-0.39, 0.29) is 11.5 Å². The molecule has 38 heavy (non-hydrogen) atoms. The normalized spacial score (nSPS) is 11.6. The van der Waals surface area contributed by atoms with Crippen LogP contribution in [0.2, 0.25) is 0 Å². The van der Waals surface area contributed by atoms with Gasteiger partial charge in [0.2, 0.25) is 0 Å². The van der Waals surface area contributed by atoms with E-state index in [0.29, 0.717) is 34.8 Å². The highest BCUT2D eigenvalue weighted by atomic mass is 79.9. The van der Waals surface area contributed by atoms with Crippen molar-refractivity contribution in [3.63, 3.8) is 0 Å². The van der Waals surface area contributed by atoms with Crippen LogP contribution in [0.15, 0.2) is 91.6 Å². The maximum atomic E-state index is 13.3. The third kappa shape index (κ3) is 5.24. The summed E-state index contributed by atoms with van der Waals surface area (Å²) in [4.78, 5) is 18.0. The van der Waals surface area contributed by atoms with Gasteiger partial charge in [0.25, 0.3) is 5.56 Å². The number of hydrogen-bond donors (Lipinski definition) is 0. The molecule has 1 heterocycles. The molecule has 192 valence electrons. The van der Waals surface area contributed by atoms with Crippen LogP contribution in [-0.4, -0.2) is 23.0 Å². The van der Waals surface area contributed by atoms with Gasteiger partial charge in [0, 0.05) is 20.4 Å². The number of rotatable bonds is 7. The second-order valence-electron chi connectivity index (χ2n) is 9.10.